The number of ether oxygens (including phenoxy) is 2. The summed E-state index contributed by atoms with van der Waals surface area (Å²) in [6.45, 7) is 8.83. The molecule has 0 heterocycles. The van der Waals surface area contributed by atoms with Crippen LogP contribution in [0.4, 0.5) is 4.79 Å². The van der Waals surface area contributed by atoms with Crippen LogP contribution in [0.5, 0.6) is 0 Å². The molecule has 0 amide bonds. The van der Waals surface area contributed by atoms with Gasteiger partial charge in [-0.3, -0.25) is 0 Å². The molecule has 0 aromatic carbocycles. The van der Waals surface area contributed by atoms with Crippen LogP contribution in [0.2, 0.25) is 0 Å². The number of hydrogen-bond donors (Lipinski definition) is 0. The zero-order valence-corrected chi connectivity index (χ0v) is 10.2. The molecule has 1 fully saturated rings. The van der Waals surface area contributed by atoms with Crippen LogP contribution >= 0.6 is 0 Å². The van der Waals surface area contributed by atoms with Crippen LogP contribution in [0.3, 0.4) is 0 Å². The fourth-order valence-electron chi connectivity index (χ4n) is 2.64. The normalized spacial score (nSPS) is 29.6. The first-order valence-electron chi connectivity index (χ1n) is 5.76. The minimum Gasteiger partial charge on any atom is -0.435 e. The quantitative estimate of drug-likeness (QED) is 0.661. The van der Waals surface area contributed by atoms with Gasteiger partial charge in [0, 0.05) is 0 Å². The molecule has 0 aromatic heterocycles. The molecule has 15 heavy (non-hydrogen) atoms. The van der Waals surface area contributed by atoms with Crippen LogP contribution in [0.15, 0.2) is 0 Å². The summed E-state index contributed by atoms with van der Waals surface area (Å²) in [5.41, 5.74) is 0.273. The van der Waals surface area contributed by atoms with Gasteiger partial charge >= 0.3 is 6.16 Å². The van der Waals surface area contributed by atoms with Crippen molar-refractivity contribution in [3.8, 4) is 0 Å². The highest BCUT2D eigenvalue weighted by Crippen LogP contribution is 2.39. The molecule has 1 aliphatic rings. The van der Waals surface area contributed by atoms with Gasteiger partial charge in [-0.1, -0.05) is 20.8 Å². The highest BCUT2D eigenvalue weighted by Gasteiger charge is 2.34. The molecule has 1 rings (SSSR count). The van der Waals surface area contributed by atoms with Crippen molar-refractivity contribution in [2.45, 2.75) is 53.1 Å². The first-order chi connectivity index (χ1) is 6.93. The number of hydrogen-bond acceptors (Lipinski definition) is 3. The monoisotopic (exact) mass is 214 g/mol. The highest BCUT2D eigenvalue weighted by molar-refractivity contribution is 5.60. The minimum atomic E-state index is -0.521. The molecule has 0 spiro atoms. The number of carbonyl (C=O) groups excluding carboxylic acids is 1. The summed E-state index contributed by atoms with van der Waals surface area (Å²) in [5, 5.41) is 0. The lowest BCUT2D eigenvalue weighted by Gasteiger charge is -2.38. The van der Waals surface area contributed by atoms with Crippen LogP contribution in [-0.2, 0) is 9.47 Å². The minimum absolute atomic E-state index is 0.0304. The van der Waals surface area contributed by atoms with Crippen molar-refractivity contribution in [3.63, 3.8) is 0 Å². The molecule has 2 atom stereocenters. The van der Waals surface area contributed by atoms with E-state index in [1.807, 2.05) is 0 Å². The van der Waals surface area contributed by atoms with E-state index in [1.54, 1.807) is 6.92 Å². The van der Waals surface area contributed by atoms with Crippen molar-refractivity contribution in [3.05, 3.63) is 0 Å². The van der Waals surface area contributed by atoms with Gasteiger partial charge in [-0.2, -0.15) is 0 Å². The molecule has 0 radical (unpaired) electrons. The molecule has 0 saturated heterocycles. The van der Waals surface area contributed by atoms with Crippen molar-refractivity contribution in [1.82, 2.24) is 0 Å². The molecule has 88 valence electrons. The molecule has 3 heteroatoms. The summed E-state index contributed by atoms with van der Waals surface area (Å²) in [7, 11) is 0. The Bertz CT molecular complexity index is 223. The molecule has 0 N–H and O–H groups in total. The average Bonchev–Trinajstić information content (AvgIpc) is 1.99. The topological polar surface area (TPSA) is 35.5 Å². The second kappa shape index (κ2) is 4.86. The lowest BCUT2D eigenvalue weighted by Crippen LogP contribution is -2.34. The van der Waals surface area contributed by atoms with Gasteiger partial charge in [-0.15, -0.1) is 0 Å². The van der Waals surface area contributed by atoms with Crippen molar-refractivity contribution in [2.24, 2.45) is 11.3 Å². The van der Waals surface area contributed by atoms with E-state index in [9.17, 15) is 4.79 Å². The van der Waals surface area contributed by atoms with Crippen LogP contribution in [0.25, 0.3) is 0 Å². The van der Waals surface area contributed by atoms with Gasteiger partial charge in [0.25, 0.3) is 0 Å². The second-order valence-corrected chi connectivity index (χ2v) is 5.34. The lowest BCUT2D eigenvalue weighted by atomic mass is 9.71. The molecule has 0 bridgehead atoms. The van der Waals surface area contributed by atoms with Crippen LogP contribution in [0, 0.1) is 11.3 Å². The van der Waals surface area contributed by atoms with Crippen molar-refractivity contribution in [2.75, 3.05) is 6.61 Å². The highest BCUT2D eigenvalue weighted by atomic mass is 16.7. The molecular formula is C12H22O3. The predicted octanol–water partition coefficient (Wildman–Crippen LogP) is 3.37. The molecule has 0 aliphatic heterocycles. The van der Waals surface area contributed by atoms with E-state index in [2.05, 4.69) is 20.8 Å². The zero-order chi connectivity index (χ0) is 11.5. The maximum Gasteiger partial charge on any atom is 0.508 e. The summed E-state index contributed by atoms with van der Waals surface area (Å²) in [6.07, 6.45) is 2.61. The summed E-state index contributed by atoms with van der Waals surface area (Å²) in [6, 6.07) is 0. The summed E-state index contributed by atoms with van der Waals surface area (Å²) >= 11 is 0. The third-order valence-electron chi connectivity index (χ3n) is 2.87. The van der Waals surface area contributed by atoms with Gasteiger partial charge in [0.05, 0.1) is 6.61 Å². The predicted molar refractivity (Wildman–Crippen MR) is 58.7 cm³/mol. The van der Waals surface area contributed by atoms with Gasteiger partial charge < -0.3 is 9.47 Å². The molecule has 0 aromatic rings. The van der Waals surface area contributed by atoms with Crippen molar-refractivity contribution >= 4 is 6.16 Å². The van der Waals surface area contributed by atoms with E-state index < -0.39 is 6.16 Å². The number of carbonyl (C=O) groups is 1. The molecule has 0 unspecified atom stereocenters. The third kappa shape index (κ3) is 4.10. The van der Waals surface area contributed by atoms with Crippen molar-refractivity contribution in [1.29, 1.82) is 0 Å². The van der Waals surface area contributed by atoms with Crippen LogP contribution in [0.1, 0.15) is 47.0 Å². The molecular weight excluding hydrogens is 192 g/mol. The van der Waals surface area contributed by atoms with E-state index in [-0.39, 0.29) is 11.5 Å². The van der Waals surface area contributed by atoms with E-state index in [1.165, 1.54) is 6.42 Å². The fraction of sp³-hybridized carbons (Fsp3) is 0.917. The van der Waals surface area contributed by atoms with Gasteiger partial charge in [-0.05, 0) is 37.5 Å². The van der Waals surface area contributed by atoms with Crippen molar-refractivity contribution < 1.29 is 14.3 Å². The Kier molecular flexibility index (Phi) is 4.00. The smallest absolute Gasteiger partial charge is 0.435 e. The zero-order valence-electron chi connectivity index (χ0n) is 10.2. The molecule has 3 nitrogen and oxygen atoms in total. The fourth-order valence-corrected chi connectivity index (χ4v) is 2.64. The number of rotatable bonds is 2. The van der Waals surface area contributed by atoms with Crippen LogP contribution in [-0.4, -0.2) is 18.9 Å². The Morgan fingerprint density at radius 1 is 1.40 bits per heavy atom. The Morgan fingerprint density at radius 3 is 2.60 bits per heavy atom. The second-order valence-electron chi connectivity index (χ2n) is 5.34. The largest absolute Gasteiger partial charge is 0.508 e. The molecule has 1 aliphatic carbocycles. The SMILES string of the molecule is CCOC(=O)O[C@H]1C[C@@H](C)CC(C)(C)C1. The van der Waals surface area contributed by atoms with E-state index in [0.29, 0.717) is 12.5 Å². The van der Waals surface area contributed by atoms with Gasteiger partial charge in [0.15, 0.2) is 0 Å². The van der Waals surface area contributed by atoms with Gasteiger partial charge in [-0.25, -0.2) is 4.79 Å². The average molecular weight is 214 g/mol. The maximum atomic E-state index is 11.2. The standard InChI is InChI=1S/C12H22O3/c1-5-14-11(13)15-10-6-9(2)7-12(3,4)8-10/h9-10H,5-8H2,1-4H3/t9-,10+/m1/s1. The summed E-state index contributed by atoms with van der Waals surface area (Å²) < 4.78 is 10.1. The van der Waals surface area contributed by atoms with Crippen LogP contribution < -0.4 is 0 Å². The lowest BCUT2D eigenvalue weighted by molar-refractivity contribution is -0.0187. The van der Waals surface area contributed by atoms with E-state index in [0.717, 1.165) is 12.8 Å². The summed E-state index contributed by atoms with van der Waals surface area (Å²) in [5.74, 6) is 0.619. The van der Waals surface area contributed by atoms with E-state index in [4.69, 9.17) is 9.47 Å². The maximum absolute atomic E-state index is 11.2. The Morgan fingerprint density at radius 2 is 2.07 bits per heavy atom. The van der Waals surface area contributed by atoms with Gasteiger partial charge in [0.1, 0.15) is 6.10 Å². The first-order valence-corrected chi connectivity index (χ1v) is 5.76. The third-order valence-corrected chi connectivity index (χ3v) is 2.87. The first kappa shape index (κ1) is 12.3. The molecule has 1 saturated carbocycles. The van der Waals surface area contributed by atoms with E-state index >= 15 is 0 Å². The summed E-state index contributed by atoms with van der Waals surface area (Å²) in [4.78, 5) is 11.2. The Balaban J connectivity index is 2.45. The Hall–Kier alpha value is -0.730. The Labute approximate surface area is 92.1 Å². The van der Waals surface area contributed by atoms with Gasteiger partial charge in [0.2, 0.25) is 0 Å².